The number of fused-ring (bicyclic) bond motifs is 1. The van der Waals surface area contributed by atoms with Crippen LogP contribution in [0.4, 0.5) is 16.2 Å². The average Bonchev–Trinajstić information content (AvgIpc) is 3.15. The van der Waals surface area contributed by atoms with Crippen LogP contribution >= 0.6 is 0 Å². The molecule has 3 heterocycles. The van der Waals surface area contributed by atoms with Crippen LogP contribution in [0, 0.1) is 6.42 Å². The minimum Gasteiger partial charge on any atom is -0.368 e. The Morgan fingerprint density at radius 1 is 1.16 bits per heavy atom. The first-order valence-corrected chi connectivity index (χ1v) is 8.65. The molecule has 0 unspecified atom stereocenters. The Balaban J connectivity index is 1.59. The molecule has 1 radical (unpaired) electrons. The van der Waals surface area contributed by atoms with Gasteiger partial charge in [-0.25, -0.2) is 4.79 Å². The third-order valence-corrected chi connectivity index (χ3v) is 5.35. The van der Waals surface area contributed by atoms with E-state index in [0.29, 0.717) is 13.0 Å². The number of primary amides is 1. The number of hydrogen-bond donors (Lipinski definition) is 1. The number of benzene rings is 1. The number of amidine groups is 1. The first kappa shape index (κ1) is 15.9. The molecule has 3 aliphatic heterocycles. The second-order valence-electron chi connectivity index (χ2n) is 6.75. The molecule has 0 aromatic heterocycles. The van der Waals surface area contributed by atoms with Gasteiger partial charge in [-0.1, -0.05) is 0 Å². The maximum Gasteiger partial charge on any atom is 0.325 e. The van der Waals surface area contributed by atoms with Crippen molar-refractivity contribution >= 4 is 29.1 Å². The van der Waals surface area contributed by atoms with Gasteiger partial charge in [0.1, 0.15) is 11.4 Å². The van der Waals surface area contributed by atoms with Gasteiger partial charge in [0.15, 0.2) is 0 Å². The van der Waals surface area contributed by atoms with Gasteiger partial charge in [0.05, 0.1) is 6.54 Å². The molecule has 2 fully saturated rings. The van der Waals surface area contributed by atoms with E-state index >= 15 is 0 Å². The summed E-state index contributed by atoms with van der Waals surface area (Å²) in [5.74, 6) is 0.553. The maximum atomic E-state index is 12.7. The number of hydrogen-bond acceptors (Lipinski definition) is 4. The summed E-state index contributed by atoms with van der Waals surface area (Å²) in [5.41, 5.74) is 6.48. The molecule has 7 heteroatoms. The van der Waals surface area contributed by atoms with Crippen molar-refractivity contribution in [2.45, 2.75) is 25.3 Å². The lowest BCUT2D eigenvalue weighted by Crippen LogP contribution is -2.53. The Morgan fingerprint density at radius 3 is 2.44 bits per heavy atom. The van der Waals surface area contributed by atoms with Crippen molar-refractivity contribution in [3.63, 3.8) is 0 Å². The number of nitrogens with zero attached hydrogens (tertiary/aromatic N) is 4. The first-order valence-electron chi connectivity index (χ1n) is 8.65. The molecule has 25 heavy (non-hydrogen) atoms. The van der Waals surface area contributed by atoms with E-state index in [1.807, 2.05) is 37.6 Å². The highest BCUT2D eigenvalue weighted by Crippen LogP contribution is 2.38. The molecule has 0 spiro atoms. The predicted octanol–water partition coefficient (Wildman–Crippen LogP) is 1.39. The summed E-state index contributed by atoms with van der Waals surface area (Å²) in [6.07, 6.45) is 3.61. The van der Waals surface area contributed by atoms with Crippen molar-refractivity contribution in [3.05, 3.63) is 30.7 Å². The number of urea groups is 1. The molecule has 0 bridgehead atoms. The van der Waals surface area contributed by atoms with Crippen LogP contribution in [0.15, 0.2) is 29.3 Å². The normalized spacial score (nSPS) is 26.0. The van der Waals surface area contributed by atoms with E-state index in [-0.39, 0.29) is 12.6 Å². The standard InChI is InChI=1S/C18H22N5O2/c1-13-20-9-3-10-21(13)14-4-6-15(7-5-14)22-12-18(16(19)24)8-2-11-23(18)17(22)25/h4-8H,2-3,9-12H2,1H3,(H2,19,24)/t18-/m1/s1. The van der Waals surface area contributed by atoms with Crippen molar-refractivity contribution in [2.75, 3.05) is 36.0 Å². The lowest BCUT2D eigenvalue weighted by atomic mass is 9.96. The van der Waals surface area contributed by atoms with Crippen molar-refractivity contribution < 1.29 is 9.59 Å². The molecule has 4 rings (SSSR count). The van der Waals surface area contributed by atoms with E-state index in [0.717, 1.165) is 36.7 Å². The molecule has 3 aliphatic rings. The van der Waals surface area contributed by atoms with Crippen LogP contribution < -0.4 is 15.5 Å². The minimum atomic E-state index is -0.966. The van der Waals surface area contributed by atoms with E-state index in [2.05, 4.69) is 9.89 Å². The monoisotopic (exact) mass is 340 g/mol. The predicted molar refractivity (Wildman–Crippen MR) is 96.7 cm³/mol. The Morgan fingerprint density at radius 2 is 1.84 bits per heavy atom. The lowest BCUT2D eigenvalue weighted by Gasteiger charge is -2.28. The first-order chi connectivity index (χ1) is 12.0. The van der Waals surface area contributed by atoms with Crippen LogP contribution in [0.1, 0.15) is 19.8 Å². The number of rotatable bonds is 3. The highest BCUT2D eigenvalue weighted by atomic mass is 16.2. The number of carbonyl (C=O) groups is 2. The zero-order valence-corrected chi connectivity index (χ0v) is 14.3. The molecule has 1 aromatic carbocycles. The van der Waals surface area contributed by atoms with Crippen LogP contribution in [0.25, 0.3) is 0 Å². The molecule has 131 valence electrons. The lowest BCUT2D eigenvalue weighted by molar-refractivity contribution is -0.124. The Hall–Kier alpha value is -2.57. The van der Waals surface area contributed by atoms with E-state index in [4.69, 9.17) is 5.73 Å². The third kappa shape index (κ3) is 2.37. The number of aliphatic imine (C=N–C) groups is 1. The Bertz CT molecular complexity index is 744. The second-order valence-corrected chi connectivity index (χ2v) is 6.75. The van der Waals surface area contributed by atoms with Gasteiger partial charge in [0.2, 0.25) is 5.91 Å². The highest BCUT2D eigenvalue weighted by molar-refractivity contribution is 6.04. The van der Waals surface area contributed by atoms with E-state index < -0.39 is 11.4 Å². The van der Waals surface area contributed by atoms with Crippen molar-refractivity contribution in [3.8, 4) is 0 Å². The number of anilines is 2. The summed E-state index contributed by atoms with van der Waals surface area (Å²) >= 11 is 0. The maximum absolute atomic E-state index is 12.7. The quantitative estimate of drug-likeness (QED) is 0.903. The summed E-state index contributed by atoms with van der Waals surface area (Å²) in [4.78, 5) is 34.6. The zero-order valence-electron chi connectivity index (χ0n) is 14.3. The molecular weight excluding hydrogens is 318 g/mol. The number of carbonyl (C=O) groups excluding carboxylic acids is 2. The van der Waals surface area contributed by atoms with Crippen molar-refractivity contribution in [1.82, 2.24) is 4.90 Å². The summed E-state index contributed by atoms with van der Waals surface area (Å²) in [7, 11) is 0. The van der Waals surface area contributed by atoms with Gasteiger partial charge in [-0.15, -0.1) is 0 Å². The molecule has 2 saturated heterocycles. The fourth-order valence-corrected chi connectivity index (χ4v) is 3.97. The molecule has 0 saturated carbocycles. The van der Waals surface area contributed by atoms with Crippen LogP contribution in [0.3, 0.4) is 0 Å². The molecule has 1 atom stereocenters. The molecule has 7 nitrogen and oxygen atoms in total. The Kier molecular flexibility index (Phi) is 3.67. The molecule has 3 amide bonds. The van der Waals surface area contributed by atoms with Gasteiger partial charge in [-0.05, 0) is 44.0 Å². The van der Waals surface area contributed by atoms with Gasteiger partial charge in [-0.2, -0.15) is 0 Å². The fraction of sp³-hybridized carbons (Fsp3) is 0.444. The Labute approximate surface area is 147 Å². The zero-order chi connectivity index (χ0) is 17.6. The second kappa shape index (κ2) is 5.75. The summed E-state index contributed by atoms with van der Waals surface area (Å²) in [5, 5.41) is 0. The van der Waals surface area contributed by atoms with Crippen LogP contribution in [0.5, 0.6) is 0 Å². The SMILES string of the molecule is CC1=NCCCN1c1ccc(N2C[C@@]3(C(N)=O)[CH]CCN3C2=O)cc1. The van der Waals surface area contributed by atoms with Gasteiger partial charge >= 0.3 is 6.03 Å². The fourth-order valence-electron chi connectivity index (χ4n) is 3.97. The highest BCUT2D eigenvalue weighted by Gasteiger charge is 2.56. The molecule has 2 N–H and O–H groups in total. The van der Waals surface area contributed by atoms with E-state index in [9.17, 15) is 9.59 Å². The van der Waals surface area contributed by atoms with Crippen molar-refractivity contribution in [1.29, 1.82) is 0 Å². The van der Waals surface area contributed by atoms with Gasteiger partial charge < -0.3 is 15.5 Å². The number of nitrogens with two attached hydrogens (primary N) is 1. The minimum absolute atomic E-state index is 0.156. The van der Waals surface area contributed by atoms with Crippen LogP contribution in [-0.4, -0.2) is 54.4 Å². The molecular formula is C18H22N5O2. The van der Waals surface area contributed by atoms with Crippen molar-refractivity contribution in [2.24, 2.45) is 10.7 Å². The van der Waals surface area contributed by atoms with Gasteiger partial charge in [-0.3, -0.25) is 14.7 Å². The van der Waals surface area contributed by atoms with E-state index in [1.54, 1.807) is 9.80 Å². The van der Waals surface area contributed by atoms with E-state index in [1.165, 1.54) is 0 Å². The molecule has 1 aromatic rings. The molecule has 0 aliphatic carbocycles. The summed E-state index contributed by atoms with van der Waals surface area (Å²) < 4.78 is 0. The van der Waals surface area contributed by atoms with Gasteiger partial charge in [0.25, 0.3) is 0 Å². The largest absolute Gasteiger partial charge is 0.368 e. The summed E-state index contributed by atoms with van der Waals surface area (Å²) in [6, 6.07) is 7.68. The third-order valence-electron chi connectivity index (χ3n) is 5.35. The topological polar surface area (TPSA) is 82.2 Å². The van der Waals surface area contributed by atoms with Crippen LogP contribution in [-0.2, 0) is 4.79 Å². The smallest absolute Gasteiger partial charge is 0.325 e. The average molecular weight is 340 g/mol. The van der Waals surface area contributed by atoms with Crippen LogP contribution in [0.2, 0.25) is 0 Å². The number of amides is 3. The summed E-state index contributed by atoms with van der Waals surface area (Å²) in [6.45, 7) is 4.66. The van der Waals surface area contributed by atoms with Gasteiger partial charge in [0, 0.05) is 37.4 Å².